The molecule has 3 rings (SSSR count). The maximum absolute atomic E-state index is 11.1. The molecule has 1 amide bonds. The molecule has 0 radical (unpaired) electrons. The molecule has 0 atom stereocenters. The average Bonchev–Trinajstić information content (AvgIpc) is 2.67. The molecule has 0 saturated carbocycles. The number of amides is 1. The van der Waals surface area contributed by atoms with Crippen molar-refractivity contribution in [1.29, 1.82) is 0 Å². The van der Waals surface area contributed by atoms with E-state index in [1.165, 1.54) is 6.92 Å². The maximum atomic E-state index is 11.1. The van der Waals surface area contributed by atoms with Crippen molar-refractivity contribution in [3.05, 3.63) is 87.9 Å². The van der Waals surface area contributed by atoms with Gasteiger partial charge < -0.3 is 15.4 Å². The van der Waals surface area contributed by atoms with Crippen molar-refractivity contribution in [2.24, 2.45) is 0 Å². The maximum Gasteiger partial charge on any atom is 0.221 e. The number of anilines is 2. The summed E-state index contributed by atoms with van der Waals surface area (Å²) in [5, 5.41) is 7.28. The Morgan fingerprint density at radius 2 is 1.57 bits per heavy atom. The van der Waals surface area contributed by atoms with Crippen LogP contribution in [0.1, 0.15) is 18.1 Å². The first-order valence-electron chi connectivity index (χ1n) is 8.77. The second-order valence-electron chi connectivity index (χ2n) is 6.25. The molecule has 0 fully saturated rings. The van der Waals surface area contributed by atoms with E-state index in [2.05, 4.69) is 10.6 Å². The summed E-state index contributed by atoms with van der Waals surface area (Å²) in [7, 11) is 0. The van der Waals surface area contributed by atoms with Gasteiger partial charge in [0.2, 0.25) is 5.91 Å². The number of hydrogen-bond acceptors (Lipinski definition) is 3. The fraction of sp³-hybridized carbons (Fsp3) is 0.136. The number of nitrogens with one attached hydrogen (secondary N) is 2. The lowest BCUT2D eigenvalue weighted by atomic mass is 10.2. The predicted molar refractivity (Wildman–Crippen MR) is 115 cm³/mol. The molecule has 4 nitrogen and oxygen atoms in total. The van der Waals surface area contributed by atoms with Crippen molar-refractivity contribution < 1.29 is 9.53 Å². The minimum atomic E-state index is -0.0874. The molecule has 144 valence electrons. The highest BCUT2D eigenvalue weighted by molar-refractivity contribution is 6.35. The second kappa shape index (κ2) is 9.49. The summed E-state index contributed by atoms with van der Waals surface area (Å²) in [5.41, 5.74) is 3.58. The zero-order chi connectivity index (χ0) is 19.9. The van der Waals surface area contributed by atoms with E-state index in [0.717, 1.165) is 28.3 Å². The van der Waals surface area contributed by atoms with E-state index in [0.29, 0.717) is 23.2 Å². The number of halogens is 2. The Kier molecular flexibility index (Phi) is 6.80. The van der Waals surface area contributed by atoms with Gasteiger partial charge in [0.15, 0.2) is 0 Å². The van der Waals surface area contributed by atoms with E-state index in [9.17, 15) is 4.79 Å². The summed E-state index contributed by atoms with van der Waals surface area (Å²) in [6.45, 7) is 2.43. The highest BCUT2D eigenvalue weighted by atomic mass is 35.5. The summed E-state index contributed by atoms with van der Waals surface area (Å²) >= 11 is 12.4. The first-order valence-corrected chi connectivity index (χ1v) is 9.53. The number of benzene rings is 3. The fourth-order valence-electron chi connectivity index (χ4n) is 2.65. The van der Waals surface area contributed by atoms with Crippen LogP contribution in [0.3, 0.4) is 0 Å². The number of hydrogen-bond donors (Lipinski definition) is 2. The lowest BCUT2D eigenvalue weighted by Gasteiger charge is -2.12. The van der Waals surface area contributed by atoms with Crippen LogP contribution < -0.4 is 15.4 Å². The molecule has 0 unspecified atom stereocenters. The Morgan fingerprint density at radius 1 is 0.929 bits per heavy atom. The van der Waals surface area contributed by atoms with Gasteiger partial charge in [0.25, 0.3) is 0 Å². The summed E-state index contributed by atoms with van der Waals surface area (Å²) < 4.78 is 5.86. The molecule has 0 spiro atoms. The van der Waals surface area contributed by atoms with Gasteiger partial charge in [-0.05, 0) is 54.1 Å². The van der Waals surface area contributed by atoms with Crippen LogP contribution >= 0.6 is 23.2 Å². The van der Waals surface area contributed by atoms with Crippen LogP contribution in [0.15, 0.2) is 66.7 Å². The molecule has 0 aromatic heterocycles. The lowest BCUT2D eigenvalue weighted by Crippen LogP contribution is -2.05. The summed E-state index contributed by atoms with van der Waals surface area (Å²) in [6, 6.07) is 20.8. The second-order valence-corrected chi connectivity index (χ2v) is 7.06. The van der Waals surface area contributed by atoms with Crippen LogP contribution in [0.2, 0.25) is 10.0 Å². The average molecular weight is 415 g/mol. The molecule has 2 N–H and O–H groups in total. The largest absolute Gasteiger partial charge is 0.489 e. The summed E-state index contributed by atoms with van der Waals surface area (Å²) in [4.78, 5) is 11.1. The van der Waals surface area contributed by atoms with Gasteiger partial charge >= 0.3 is 0 Å². The minimum absolute atomic E-state index is 0.0874. The highest BCUT2D eigenvalue weighted by Gasteiger charge is 2.06. The minimum Gasteiger partial charge on any atom is -0.489 e. The summed E-state index contributed by atoms with van der Waals surface area (Å²) in [6.07, 6.45) is 0. The molecule has 3 aromatic carbocycles. The third-order valence-electron chi connectivity index (χ3n) is 4.05. The smallest absolute Gasteiger partial charge is 0.221 e. The number of carbonyl (C=O) groups is 1. The van der Waals surface area contributed by atoms with Gasteiger partial charge in [-0.1, -0.05) is 41.4 Å². The van der Waals surface area contributed by atoms with Gasteiger partial charge in [0, 0.05) is 40.5 Å². The number of carbonyl (C=O) groups excluding carboxylic acids is 1. The van der Waals surface area contributed by atoms with Gasteiger partial charge in [0.1, 0.15) is 12.4 Å². The van der Waals surface area contributed by atoms with E-state index >= 15 is 0 Å². The topological polar surface area (TPSA) is 50.4 Å². The van der Waals surface area contributed by atoms with Crippen molar-refractivity contribution in [2.45, 2.75) is 20.1 Å². The molecule has 0 saturated heterocycles. The fourth-order valence-corrected chi connectivity index (χ4v) is 3.16. The van der Waals surface area contributed by atoms with Crippen molar-refractivity contribution in [1.82, 2.24) is 0 Å². The van der Waals surface area contributed by atoms with E-state index < -0.39 is 0 Å². The Hall–Kier alpha value is -2.69. The normalized spacial score (nSPS) is 10.4. The third kappa shape index (κ3) is 5.65. The van der Waals surface area contributed by atoms with Gasteiger partial charge in [0.05, 0.1) is 0 Å². The van der Waals surface area contributed by atoms with Crippen LogP contribution in [0.5, 0.6) is 5.75 Å². The van der Waals surface area contributed by atoms with Crippen LogP contribution in [-0.4, -0.2) is 5.91 Å². The van der Waals surface area contributed by atoms with Gasteiger partial charge in [-0.2, -0.15) is 0 Å². The molecule has 0 bridgehead atoms. The lowest BCUT2D eigenvalue weighted by molar-refractivity contribution is -0.114. The first kappa shape index (κ1) is 20.1. The highest BCUT2D eigenvalue weighted by Crippen LogP contribution is 2.26. The molecular formula is C22H20Cl2N2O2. The zero-order valence-corrected chi connectivity index (χ0v) is 16.8. The Labute approximate surface area is 174 Å². The van der Waals surface area contributed by atoms with Crippen LogP contribution in [0, 0.1) is 0 Å². The van der Waals surface area contributed by atoms with Crippen LogP contribution in [0.25, 0.3) is 0 Å². The number of ether oxygens (including phenoxy) is 1. The van der Waals surface area contributed by atoms with Crippen molar-refractivity contribution >= 4 is 40.5 Å². The van der Waals surface area contributed by atoms with E-state index in [1.54, 1.807) is 12.1 Å². The van der Waals surface area contributed by atoms with Crippen molar-refractivity contribution in [3.8, 4) is 5.75 Å². The Bertz CT molecular complexity index is 939. The molecule has 6 heteroatoms. The Morgan fingerprint density at radius 3 is 2.25 bits per heavy atom. The molecular weight excluding hydrogens is 395 g/mol. The van der Waals surface area contributed by atoms with E-state index in [1.807, 2.05) is 54.6 Å². The molecule has 3 aromatic rings. The SMILES string of the molecule is CC(=O)Nc1ccc(NCc2cccc(OCc3c(Cl)cccc3Cl)c2)cc1. The van der Waals surface area contributed by atoms with Crippen LogP contribution in [-0.2, 0) is 17.9 Å². The van der Waals surface area contributed by atoms with Crippen molar-refractivity contribution in [2.75, 3.05) is 10.6 Å². The van der Waals surface area contributed by atoms with E-state index in [-0.39, 0.29) is 5.91 Å². The van der Waals surface area contributed by atoms with E-state index in [4.69, 9.17) is 27.9 Å². The van der Waals surface area contributed by atoms with Crippen molar-refractivity contribution in [3.63, 3.8) is 0 Å². The molecule has 0 aliphatic heterocycles. The monoisotopic (exact) mass is 414 g/mol. The molecule has 0 aliphatic rings. The number of rotatable bonds is 7. The molecule has 0 aliphatic carbocycles. The van der Waals surface area contributed by atoms with Gasteiger partial charge in [-0.3, -0.25) is 4.79 Å². The summed E-state index contributed by atoms with van der Waals surface area (Å²) in [5.74, 6) is 0.659. The van der Waals surface area contributed by atoms with Crippen LogP contribution in [0.4, 0.5) is 11.4 Å². The van der Waals surface area contributed by atoms with Gasteiger partial charge in [-0.15, -0.1) is 0 Å². The molecule has 0 heterocycles. The first-order chi connectivity index (χ1) is 13.5. The predicted octanol–water partition coefficient (Wildman–Crippen LogP) is 6.14. The quantitative estimate of drug-likeness (QED) is 0.487. The molecule has 28 heavy (non-hydrogen) atoms. The standard InChI is InChI=1S/C22H20Cl2N2O2/c1-15(27)26-18-10-8-17(9-11-18)25-13-16-4-2-5-19(12-16)28-14-20-21(23)6-3-7-22(20)24/h2-12,25H,13-14H2,1H3,(H,26,27). The third-order valence-corrected chi connectivity index (χ3v) is 4.75. The Balaban J connectivity index is 1.58. The van der Waals surface area contributed by atoms with Gasteiger partial charge in [-0.25, -0.2) is 0 Å². The zero-order valence-electron chi connectivity index (χ0n) is 15.3.